The molecule has 7 fully saturated rings. The lowest BCUT2D eigenvalue weighted by Gasteiger charge is -2.57. The minimum Gasteiger partial charge on any atom is -0.492 e. The monoisotopic (exact) mass is 481 g/mol. The highest BCUT2D eigenvalue weighted by Gasteiger charge is 2.66. The molecule has 2 saturated heterocycles. The van der Waals surface area contributed by atoms with Gasteiger partial charge in [0.25, 0.3) is 0 Å². The summed E-state index contributed by atoms with van der Waals surface area (Å²) in [6.45, 7) is 3.28. The van der Waals surface area contributed by atoms with Gasteiger partial charge in [-0.3, -0.25) is 9.69 Å². The number of rotatable bonds is 5. The van der Waals surface area contributed by atoms with Crippen LogP contribution in [0.15, 0.2) is 24.3 Å². The molecule has 1 aromatic rings. The molecule has 5 aliphatic carbocycles. The molecule has 2 aliphatic heterocycles. The van der Waals surface area contributed by atoms with Crippen LogP contribution in [0, 0.1) is 23.7 Å². The quantitative estimate of drug-likeness (QED) is 0.538. The van der Waals surface area contributed by atoms with Crippen LogP contribution in [0.2, 0.25) is 0 Å². The molecule has 0 aromatic heterocycles. The van der Waals surface area contributed by atoms with Crippen molar-refractivity contribution in [3.05, 3.63) is 29.8 Å². The molecule has 6 nitrogen and oxygen atoms in total. The Labute approximate surface area is 208 Å². The summed E-state index contributed by atoms with van der Waals surface area (Å²) in [6, 6.07) is 8.66. The van der Waals surface area contributed by atoms with Crippen LogP contribution < -0.4 is 4.74 Å². The van der Waals surface area contributed by atoms with Gasteiger partial charge in [0.15, 0.2) is 0 Å². The first-order valence-electron chi connectivity index (χ1n) is 14.1. The second kappa shape index (κ2) is 8.83. The van der Waals surface area contributed by atoms with Crippen molar-refractivity contribution >= 4 is 5.78 Å². The summed E-state index contributed by atoms with van der Waals surface area (Å²) >= 11 is 0. The van der Waals surface area contributed by atoms with Crippen LogP contribution in [-0.2, 0) is 19.3 Å². The number of nitrogens with zero attached hydrogens (tertiary/aromatic N) is 1. The van der Waals surface area contributed by atoms with Crippen LogP contribution in [0.1, 0.15) is 82.1 Å². The summed E-state index contributed by atoms with van der Waals surface area (Å²) in [6.07, 6.45) is 11.8. The highest BCUT2D eigenvalue weighted by Crippen LogP contribution is 2.64. The van der Waals surface area contributed by atoms with Gasteiger partial charge in [-0.2, -0.15) is 9.78 Å². The van der Waals surface area contributed by atoms with Crippen molar-refractivity contribution in [2.75, 3.05) is 26.2 Å². The zero-order chi connectivity index (χ0) is 23.5. The lowest BCUT2D eigenvalue weighted by Crippen LogP contribution is -2.59. The van der Waals surface area contributed by atoms with Crippen LogP contribution >= 0.6 is 0 Å². The Balaban J connectivity index is 0.915. The van der Waals surface area contributed by atoms with E-state index in [0.717, 1.165) is 62.9 Å². The van der Waals surface area contributed by atoms with Gasteiger partial charge in [0.2, 0.25) is 11.6 Å². The minimum absolute atomic E-state index is 0.386. The van der Waals surface area contributed by atoms with Crippen molar-refractivity contribution in [2.45, 2.75) is 88.1 Å². The lowest BCUT2D eigenvalue weighted by atomic mass is 9.53. The fourth-order valence-electron chi connectivity index (χ4n) is 8.34. The predicted octanol–water partition coefficient (Wildman–Crippen LogP) is 5.22. The smallest absolute Gasteiger partial charge is 0.210 e. The summed E-state index contributed by atoms with van der Waals surface area (Å²) in [5.74, 6) is 3.70. The van der Waals surface area contributed by atoms with Crippen LogP contribution in [0.3, 0.4) is 0 Å². The van der Waals surface area contributed by atoms with Gasteiger partial charge in [-0.15, -0.1) is 0 Å². The molecule has 0 radical (unpaired) electrons. The summed E-state index contributed by atoms with van der Waals surface area (Å²) in [5, 5.41) is 0. The molecule has 2 spiro atoms. The molecule has 190 valence electrons. The van der Waals surface area contributed by atoms with E-state index in [1.807, 2.05) is 0 Å². The van der Waals surface area contributed by atoms with Gasteiger partial charge in [0.1, 0.15) is 18.1 Å². The molecule has 0 atom stereocenters. The number of carbonyl (C=O) groups is 1. The third kappa shape index (κ3) is 4.14. The number of ether oxygens (including phenoxy) is 2. The summed E-state index contributed by atoms with van der Waals surface area (Å²) in [4.78, 5) is 26.0. The number of likely N-dealkylation sites (tertiary alicyclic amines) is 1. The van der Waals surface area contributed by atoms with E-state index in [1.54, 1.807) is 0 Å². The number of benzene rings is 1. The molecular weight excluding hydrogens is 442 g/mol. The zero-order valence-corrected chi connectivity index (χ0v) is 20.8. The Hall–Kier alpha value is -1.47. The molecule has 0 amide bonds. The topological polar surface area (TPSA) is 57.2 Å². The summed E-state index contributed by atoms with van der Waals surface area (Å²) in [5.41, 5.74) is 1.38. The van der Waals surface area contributed by atoms with Gasteiger partial charge in [0, 0.05) is 57.2 Å². The van der Waals surface area contributed by atoms with E-state index in [2.05, 4.69) is 29.2 Å². The standard InChI is InChI=1S/C29H39NO5/c31-26-7-11-30(12-8-26)13-14-32-27-3-1-22(2-4-27)23-5-9-28(10-6-23)33-29(35-34-28)24-16-20-15-21(18-24)19-25(29)17-20/h1-4,20-21,23-25H,5-19H2. The van der Waals surface area contributed by atoms with E-state index in [0.29, 0.717) is 43.0 Å². The average Bonchev–Trinajstić information content (AvgIpc) is 3.24. The molecule has 4 bridgehead atoms. The van der Waals surface area contributed by atoms with Gasteiger partial charge < -0.3 is 9.47 Å². The van der Waals surface area contributed by atoms with Crippen LogP contribution in [0.5, 0.6) is 5.75 Å². The molecule has 0 unspecified atom stereocenters. The van der Waals surface area contributed by atoms with Gasteiger partial charge in [-0.25, -0.2) is 0 Å². The van der Waals surface area contributed by atoms with Gasteiger partial charge in [-0.1, -0.05) is 12.1 Å². The van der Waals surface area contributed by atoms with E-state index in [9.17, 15) is 4.79 Å². The SMILES string of the molecule is O=C1CCN(CCOc2ccc(C3CCC4(CC3)OOC3(O4)C4CC5CC(C4)CC3C5)cc2)CC1. The number of hydrogen-bond donors (Lipinski definition) is 0. The summed E-state index contributed by atoms with van der Waals surface area (Å²) < 4.78 is 12.9. The van der Waals surface area contributed by atoms with Crippen molar-refractivity contribution in [2.24, 2.45) is 23.7 Å². The van der Waals surface area contributed by atoms with Crippen LogP contribution in [0.25, 0.3) is 0 Å². The van der Waals surface area contributed by atoms with E-state index in [4.69, 9.17) is 19.2 Å². The molecule has 7 aliphatic rings. The third-order valence-corrected chi connectivity index (χ3v) is 10.1. The Morgan fingerprint density at radius 2 is 1.54 bits per heavy atom. The number of piperidine rings is 1. The third-order valence-electron chi connectivity index (χ3n) is 10.1. The van der Waals surface area contributed by atoms with Crippen molar-refractivity contribution in [1.82, 2.24) is 4.90 Å². The Morgan fingerprint density at radius 3 is 2.20 bits per heavy atom. The number of hydrogen-bond acceptors (Lipinski definition) is 6. The first-order valence-corrected chi connectivity index (χ1v) is 14.1. The van der Waals surface area contributed by atoms with Gasteiger partial charge in [-0.05, 0) is 80.4 Å². The van der Waals surface area contributed by atoms with Crippen molar-refractivity contribution in [3.63, 3.8) is 0 Å². The second-order valence-corrected chi connectivity index (χ2v) is 12.3. The second-order valence-electron chi connectivity index (χ2n) is 12.3. The maximum Gasteiger partial charge on any atom is 0.210 e. The fraction of sp³-hybridized carbons (Fsp3) is 0.759. The highest BCUT2D eigenvalue weighted by molar-refractivity contribution is 5.79. The predicted molar refractivity (Wildman–Crippen MR) is 130 cm³/mol. The molecule has 6 heteroatoms. The molecule has 35 heavy (non-hydrogen) atoms. The number of carbonyl (C=O) groups excluding carboxylic acids is 1. The fourth-order valence-corrected chi connectivity index (χ4v) is 8.34. The van der Waals surface area contributed by atoms with E-state index >= 15 is 0 Å². The molecule has 1 aromatic carbocycles. The van der Waals surface area contributed by atoms with E-state index in [-0.39, 0.29) is 0 Å². The van der Waals surface area contributed by atoms with Crippen molar-refractivity contribution in [3.8, 4) is 5.75 Å². The largest absolute Gasteiger partial charge is 0.492 e. The highest BCUT2D eigenvalue weighted by atomic mass is 17.3. The molecule has 0 N–H and O–H groups in total. The number of ketones is 1. The molecule has 2 heterocycles. The average molecular weight is 482 g/mol. The van der Waals surface area contributed by atoms with Crippen LogP contribution in [0.4, 0.5) is 0 Å². The first kappa shape index (κ1) is 22.7. The minimum atomic E-state index is -0.534. The zero-order valence-electron chi connectivity index (χ0n) is 20.8. The van der Waals surface area contributed by atoms with Crippen molar-refractivity contribution < 1.29 is 24.0 Å². The first-order chi connectivity index (χ1) is 17.1. The maximum atomic E-state index is 11.4. The van der Waals surface area contributed by atoms with Crippen molar-refractivity contribution in [1.29, 1.82) is 0 Å². The van der Waals surface area contributed by atoms with Gasteiger partial charge in [0.05, 0.1) is 0 Å². The Kier molecular flexibility index (Phi) is 5.73. The van der Waals surface area contributed by atoms with Gasteiger partial charge >= 0.3 is 0 Å². The lowest BCUT2D eigenvalue weighted by molar-refractivity contribution is -0.390. The molecule has 5 saturated carbocycles. The number of Topliss-reactive ketones (excluding diaryl/α,β-unsaturated/α-hetero) is 1. The maximum absolute atomic E-state index is 11.4. The summed E-state index contributed by atoms with van der Waals surface area (Å²) in [7, 11) is 0. The Bertz CT molecular complexity index is 899. The molecular formula is C29H39NO5. The normalized spacial score (nSPS) is 42.9. The Morgan fingerprint density at radius 1 is 0.886 bits per heavy atom. The van der Waals surface area contributed by atoms with E-state index < -0.39 is 11.6 Å². The molecule has 8 rings (SSSR count). The van der Waals surface area contributed by atoms with Crippen LogP contribution in [-0.4, -0.2) is 48.5 Å². The van der Waals surface area contributed by atoms with E-state index in [1.165, 1.54) is 37.7 Å².